The molecule has 0 aliphatic carbocycles. The van der Waals surface area contributed by atoms with Crippen LogP contribution >= 0.6 is 0 Å². The van der Waals surface area contributed by atoms with Crippen molar-refractivity contribution in [3.05, 3.63) is 25.3 Å². The minimum atomic E-state index is 0.0533. The SMILES string of the molecule is C=CCNc1nc(NCC=C)nc(N(CCCC)C2CC(C)(C)NC(C)(C)C2)n1. The van der Waals surface area contributed by atoms with Gasteiger partial charge in [0, 0.05) is 36.8 Å². The number of nitrogens with zero attached hydrogens (tertiary/aromatic N) is 4. The number of unbranched alkanes of at least 4 members (excludes halogenated alkanes) is 1. The molecule has 0 atom stereocenters. The van der Waals surface area contributed by atoms with Crippen LogP contribution in [0.3, 0.4) is 0 Å². The summed E-state index contributed by atoms with van der Waals surface area (Å²) in [5.41, 5.74) is 0.107. The third kappa shape index (κ3) is 6.99. The smallest absolute Gasteiger partial charge is 0.232 e. The van der Waals surface area contributed by atoms with Crippen LogP contribution in [0.15, 0.2) is 25.3 Å². The van der Waals surface area contributed by atoms with Crippen LogP contribution in [0.4, 0.5) is 17.8 Å². The Bertz CT molecular complexity index is 637. The number of anilines is 3. The molecular formula is C22H39N7. The van der Waals surface area contributed by atoms with Gasteiger partial charge in [-0.1, -0.05) is 25.5 Å². The van der Waals surface area contributed by atoms with E-state index in [1.165, 1.54) is 0 Å². The molecule has 0 spiro atoms. The highest BCUT2D eigenvalue weighted by Gasteiger charge is 2.40. The predicted octanol–water partition coefficient (Wildman–Crippen LogP) is 3.98. The first-order chi connectivity index (χ1) is 13.7. The quantitative estimate of drug-likeness (QED) is 0.484. The van der Waals surface area contributed by atoms with Gasteiger partial charge >= 0.3 is 0 Å². The Morgan fingerprint density at radius 3 is 1.97 bits per heavy atom. The highest BCUT2D eigenvalue weighted by Crippen LogP contribution is 2.33. The van der Waals surface area contributed by atoms with Crippen LogP contribution < -0.4 is 20.9 Å². The van der Waals surface area contributed by atoms with E-state index in [1.54, 1.807) is 12.2 Å². The molecule has 162 valence electrons. The summed E-state index contributed by atoms with van der Waals surface area (Å²) >= 11 is 0. The van der Waals surface area contributed by atoms with Crippen LogP contribution in [-0.2, 0) is 0 Å². The second-order valence-electron chi connectivity index (χ2n) is 9.12. The normalized spacial score (nSPS) is 18.1. The predicted molar refractivity (Wildman–Crippen MR) is 124 cm³/mol. The number of nitrogens with one attached hydrogen (secondary N) is 3. The minimum absolute atomic E-state index is 0.0533. The third-order valence-corrected chi connectivity index (χ3v) is 5.05. The lowest BCUT2D eigenvalue weighted by Crippen LogP contribution is -2.62. The summed E-state index contributed by atoms with van der Waals surface area (Å²) in [6, 6.07) is 0.356. The fraction of sp³-hybridized carbons (Fsp3) is 0.682. The van der Waals surface area contributed by atoms with Crippen molar-refractivity contribution in [2.45, 2.75) is 77.4 Å². The lowest BCUT2D eigenvalue weighted by molar-refractivity contribution is 0.158. The van der Waals surface area contributed by atoms with Gasteiger partial charge in [-0.25, -0.2) is 0 Å². The molecule has 0 aromatic carbocycles. The van der Waals surface area contributed by atoms with Crippen molar-refractivity contribution in [2.75, 3.05) is 35.2 Å². The first kappa shape index (κ1) is 23.1. The van der Waals surface area contributed by atoms with Gasteiger partial charge in [0.15, 0.2) is 0 Å². The van der Waals surface area contributed by atoms with E-state index >= 15 is 0 Å². The molecule has 0 bridgehead atoms. The number of hydrogen-bond acceptors (Lipinski definition) is 7. The summed E-state index contributed by atoms with van der Waals surface area (Å²) in [7, 11) is 0. The van der Waals surface area contributed by atoms with Crippen molar-refractivity contribution in [1.29, 1.82) is 0 Å². The Hall–Kier alpha value is -2.15. The lowest BCUT2D eigenvalue weighted by Gasteiger charge is -2.49. The van der Waals surface area contributed by atoms with Crippen molar-refractivity contribution >= 4 is 17.8 Å². The van der Waals surface area contributed by atoms with Crippen molar-refractivity contribution < 1.29 is 0 Å². The monoisotopic (exact) mass is 401 g/mol. The molecule has 1 aromatic rings. The van der Waals surface area contributed by atoms with Crippen LogP contribution in [0.1, 0.15) is 60.3 Å². The van der Waals surface area contributed by atoms with Gasteiger partial charge in [-0.3, -0.25) is 0 Å². The van der Waals surface area contributed by atoms with E-state index in [0.29, 0.717) is 31.0 Å². The molecule has 1 fully saturated rings. The van der Waals surface area contributed by atoms with E-state index < -0.39 is 0 Å². The largest absolute Gasteiger partial charge is 0.351 e. The summed E-state index contributed by atoms with van der Waals surface area (Å²) in [4.78, 5) is 16.4. The second kappa shape index (κ2) is 10.1. The maximum atomic E-state index is 4.76. The zero-order chi connectivity index (χ0) is 21.5. The summed E-state index contributed by atoms with van der Waals surface area (Å²) in [6.07, 6.45) is 7.90. The fourth-order valence-corrected chi connectivity index (χ4v) is 4.24. The molecule has 3 N–H and O–H groups in total. The third-order valence-electron chi connectivity index (χ3n) is 5.05. The molecule has 7 heteroatoms. The average molecular weight is 402 g/mol. The average Bonchev–Trinajstić information content (AvgIpc) is 2.62. The molecule has 1 aromatic heterocycles. The second-order valence-corrected chi connectivity index (χ2v) is 9.12. The van der Waals surface area contributed by atoms with Crippen molar-refractivity contribution in [3.8, 4) is 0 Å². The Morgan fingerprint density at radius 1 is 1.00 bits per heavy atom. The molecule has 0 saturated carbocycles. The summed E-state index contributed by atoms with van der Waals surface area (Å²) in [6.45, 7) is 21.0. The molecule has 1 aliphatic heterocycles. The molecule has 2 heterocycles. The maximum Gasteiger partial charge on any atom is 0.232 e. The van der Waals surface area contributed by atoms with Crippen LogP contribution in [0.25, 0.3) is 0 Å². The van der Waals surface area contributed by atoms with Gasteiger partial charge in [0.1, 0.15) is 0 Å². The first-order valence-corrected chi connectivity index (χ1v) is 10.7. The van der Waals surface area contributed by atoms with Gasteiger partial charge in [0.05, 0.1) is 0 Å². The molecule has 0 unspecified atom stereocenters. The zero-order valence-corrected chi connectivity index (χ0v) is 18.9. The highest BCUT2D eigenvalue weighted by molar-refractivity contribution is 5.45. The van der Waals surface area contributed by atoms with Crippen molar-refractivity contribution in [1.82, 2.24) is 20.3 Å². The molecule has 0 radical (unpaired) electrons. The summed E-state index contributed by atoms with van der Waals surface area (Å²) < 4.78 is 0. The Kier molecular flexibility index (Phi) is 8.02. The highest BCUT2D eigenvalue weighted by atomic mass is 15.3. The Morgan fingerprint density at radius 2 is 1.52 bits per heavy atom. The Balaban J connectivity index is 2.41. The van der Waals surface area contributed by atoms with E-state index in [0.717, 1.165) is 38.2 Å². The van der Waals surface area contributed by atoms with E-state index in [-0.39, 0.29) is 11.1 Å². The van der Waals surface area contributed by atoms with E-state index in [1.807, 2.05) is 0 Å². The summed E-state index contributed by atoms with van der Waals surface area (Å²) in [5.74, 6) is 1.86. The topological polar surface area (TPSA) is 78.0 Å². The lowest BCUT2D eigenvalue weighted by atomic mass is 9.79. The maximum absolute atomic E-state index is 4.76. The van der Waals surface area contributed by atoms with E-state index in [9.17, 15) is 0 Å². The fourth-order valence-electron chi connectivity index (χ4n) is 4.24. The van der Waals surface area contributed by atoms with Gasteiger partial charge in [-0.05, 0) is 47.0 Å². The summed E-state index contributed by atoms with van der Waals surface area (Å²) in [5, 5.41) is 10.2. The van der Waals surface area contributed by atoms with E-state index in [2.05, 4.69) is 73.6 Å². The zero-order valence-electron chi connectivity index (χ0n) is 18.9. The van der Waals surface area contributed by atoms with E-state index in [4.69, 9.17) is 9.97 Å². The molecule has 1 aliphatic rings. The molecule has 0 amide bonds. The number of hydrogen-bond donors (Lipinski definition) is 3. The van der Waals surface area contributed by atoms with Crippen molar-refractivity contribution in [3.63, 3.8) is 0 Å². The van der Waals surface area contributed by atoms with Gasteiger partial charge in [0.25, 0.3) is 0 Å². The number of aromatic nitrogens is 3. The van der Waals surface area contributed by atoms with Crippen LogP contribution in [0, 0.1) is 0 Å². The van der Waals surface area contributed by atoms with Crippen molar-refractivity contribution in [2.24, 2.45) is 0 Å². The van der Waals surface area contributed by atoms with Gasteiger partial charge < -0.3 is 20.9 Å². The van der Waals surface area contributed by atoms with Crippen LogP contribution in [0.2, 0.25) is 0 Å². The minimum Gasteiger partial charge on any atom is -0.351 e. The van der Waals surface area contributed by atoms with Gasteiger partial charge in [-0.2, -0.15) is 15.0 Å². The van der Waals surface area contributed by atoms with Gasteiger partial charge in [0.2, 0.25) is 17.8 Å². The number of piperidine rings is 1. The molecule has 2 rings (SSSR count). The molecule has 7 nitrogen and oxygen atoms in total. The molecule has 1 saturated heterocycles. The van der Waals surface area contributed by atoms with Crippen LogP contribution in [-0.4, -0.2) is 51.7 Å². The first-order valence-electron chi connectivity index (χ1n) is 10.7. The van der Waals surface area contributed by atoms with Gasteiger partial charge in [-0.15, -0.1) is 13.2 Å². The standard InChI is InChI=1S/C22H39N7/c1-8-11-14-29(17-15-21(4,5)28-22(6,7)16-17)20-26-18(23-12-9-2)25-19(27-20)24-13-10-3/h9-10,17,28H,2-3,8,11-16H2,1,4-7H3,(H2,23,24,25,26,27). The molecule has 29 heavy (non-hydrogen) atoms. The Labute approximate surface area is 176 Å². The van der Waals surface area contributed by atoms with Crippen LogP contribution in [0.5, 0.6) is 0 Å². The number of rotatable bonds is 11. The molecular weight excluding hydrogens is 362 g/mol.